The van der Waals surface area contributed by atoms with Crippen LogP contribution in [0.15, 0.2) is 84.0 Å². The molecule has 4 nitrogen and oxygen atoms in total. The van der Waals surface area contributed by atoms with E-state index in [1.165, 1.54) is 27.0 Å². The summed E-state index contributed by atoms with van der Waals surface area (Å²) in [5.74, 6) is 0. The van der Waals surface area contributed by atoms with Crippen LogP contribution in [0.2, 0.25) is 0 Å². The Morgan fingerprint density at radius 1 is 1.19 bits per heavy atom. The Labute approximate surface area is 219 Å². The highest BCUT2D eigenvalue weighted by Crippen LogP contribution is 2.31. The lowest BCUT2D eigenvalue weighted by atomic mass is 9.99. The Bertz CT molecular complexity index is 1220. The van der Waals surface area contributed by atoms with Crippen molar-refractivity contribution in [1.82, 2.24) is 4.57 Å². The predicted octanol–water partition coefficient (Wildman–Crippen LogP) is 8.41. The van der Waals surface area contributed by atoms with Crippen LogP contribution in [0.5, 0.6) is 0 Å². The molecule has 0 aliphatic rings. The summed E-state index contributed by atoms with van der Waals surface area (Å²) in [6.45, 7) is 11.9. The van der Waals surface area contributed by atoms with E-state index in [9.17, 15) is 5.11 Å². The van der Waals surface area contributed by atoms with E-state index in [4.69, 9.17) is 10.1 Å². The van der Waals surface area contributed by atoms with E-state index in [1.54, 1.807) is 24.5 Å². The molecule has 0 spiro atoms. The first-order chi connectivity index (χ1) is 17.6. The molecule has 0 bridgehead atoms. The van der Waals surface area contributed by atoms with Crippen molar-refractivity contribution in [3.63, 3.8) is 0 Å². The minimum atomic E-state index is 0.607. The molecule has 2 aromatic heterocycles. The SMILES string of the molecule is C=C/C=C\C(CCc1ccc2c(c1)c(/C=C/Cc1cccs1)c(/C=C\O)n2CCOC)=C(C)C.C=N. The molecule has 0 fully saturated rings. The third-order valence-electron chi connectivity index (χ3n) is 5.90. The number of thiophene rings is 1. The minimum Gasteiger partial charge on any atom is -0.516 e. The Morgan fingerprint density at radius 2 is 2.00 bits per heavy atom. The van der Waals surface area contributed by atoms with Crippen LogP contribution in [0.3, 0.4) is 0 Å². The lowest BCUT2D eigenvalue weighted by Gasteiger charge is -2.09. The third-order valence-corrected chi connectivity index (χ3v) is 6.80. The maximum absolute atomic E-state index is 9.65. The fourth-order valence-electron chi connectivity index (χ4n) is 4.14. The topological polar surface area (TPSA) is 58.2 Å². The van der Waals surface area contributed by atoms with Gasteiger partial charge in [-0.05, 0) is 74.2 Å². The van der Waals surface area contributed by atoms with Gasteiger partial charge in [-0.1, -0.05) is 54.7 Å². The molecular formula is C31H38N2O2S. The van der Waals surface area contributed by atoms with Crippen molar-refractivity contribution in [2.45, 2.75) is 39.7 Å². The molecule has 0 aliphatic carbocycles. The molecule has 0 saturated carbocycles. The molecule has 3 rings (SSSR count). The van der Waals surface area contributed by atoms with Gasteiger partial charge in [0.15, 0.2) is 0 Å². The highest BCUT2D eigenvalue weighted by atomic mass is 32.1. The van der Waals surface area contributed by atoms with Gasteiger partial charge in [0.25, 0.3) is 0 Å². The zero-order valence-electron chi connectivity index (χ0n) is 21.7. The predicted molar refractivity (Wildman–Crippen MR) is 158 cm³/mol. The van der Waals surface area contributed by atoms with Gasteiger partial charge in [0.2, 0.25) is 0 Å². The van der Waals surface area contributed by atoms with Crippen molar-refractivity contribution in [3.05, 3.63) is 106 Å². The van der Waals surface area contributed by atoms with Crippen LogP contribution >= 0.6 is 11.3 Å². The first-order valence-electron chi connectivity index (χ1n) is 12.0. The summed E-state index contributed by atoms with van der Waals surface area (Å²) >= 11 is 1.77. The summed E-state index contributed by atoms with van der Waals surface area (Å²) in [7, 11) is 1.72. The number of aliphatic hydroxyl groups is 1. The van der Waals surface area contributed by atoms with Crippen LogP contribution in [-0.2, 0) is 24.1 Å². The second-order valence-corrected chi connectivity index (χ2v) is 9.45. The summed E-state index contributed by atoms with van der Waals surface area (Å²) in [5.41, 5.74) is 7.25. The van der Waals surface area contributed by atoms with Crippen molar-refractivity contribution in [2.24, 2.45) is 0 Å². The van der Waals surface area contributed by atoms with Crippen LogP contribution < -0.4 is 0 Å². The first-order valence-corrected chi connectivity index (χ1v) is 12.9. The maximum atomic E-state index is 9.65. The van der Waals surface area contributed by atoms with Crippen molar-refractivity contribution in [2.75, 3.05) is 13.7 Å². The number of aromatic nitrogens is 1. The van der Waals surface area contributed by atoms with Crippen LogP contribution in [-0.4, -0.2) is 30.1 Å². The molecule has 0 saturated heterocycles. The molecule has 2 N–H and O–H groups in total. The molecule has 0 unspecified atom stereocenters. The molecule has 3 aromatic rings. The lowest BCUT2D eigenvalue weighted by Crippen LogP contribution is -2.06. The lowest BCUT2D eigenvalue weighted by molar-refractivity contribution is 0.188. The van der Waals surface area contributed by atoms with Gasteiger partial charge in [-0.25, -0.2) is 0 Å². The van der Waals surface area contributed by atoms with Crippen LogP contribution in [0, 0.1) is 5.41 Å². The van der Waals surface area contributed by atoms with E-state index in [0.29, 0.717) is 6.61 Å². The van der Waals surface area contributed by atoms with Crippen LogP contribution in [0.4, 0.5) is 0 Å². The van der Waals surface area contributed by atoms with Gasteiger partial charge in [-0.15, -0.1) is 11.3 Å². The quantitative estimate of drug-likeness (QED) is 0.148. The summed E-state index contributed by atoms with van der Waals surface area (Å²) in [5, 5.41) is 18.5. The molecule has 2 heterocycles. The molecule has 0 atom stereocenters. The molecule has 190 valence electrons. The Hall–Kier alpha value is -3.41. The van der Waals surface area contributed by atoms with E-state index < -0.39 is 0 Å². The van der Waals surface area contributed by atoms with Crippen molar-refractivity contribution in [1.29, 1.82) is 5.41 Å². The summed E-state index contributed by atoms with van der Waals surface area (Å²) in [4.78, 5) is 1.33. The molecular weight excluding hydrogens is 464 g/mol. The number of hydrogen-bond acceptors (Lipinski definition) is 4. The normalized spacial score (nSPS) is 11.4. The van der Waals surface area contributed by atoms with Crippen LogP contribution in [0.1, 0.15) is 42.0 Å². The Balaban J connectivity index is 0.00000222. The van der Waals surface area contributed by atoms with Crippen molar-refractivity contribution >= 4 is 41.1 Å². The van der Waals surface area contributed by atoms with E-state index in [1.807, 2.05) is 12.2 Å². The van der Waals surface area contributed by atoms with E-state index >= 15 is 0 Å². The smallest absolute Gasteiger partial charge is 0.0812 e. The minimum absolute atomic E-state index is 0.607. The first kappa shape index (κ1) is 28.8. The highest BCUT2D eigenvalue weighted by molar-refractivity contribution is 7.09. The molecule has 1 aromatic carbocycles. The Kier molecular flexibility index (Phi) is 12.5. The second kappa shape index (κ2) is 15.6. The van der Waals surface area contributed by atoms with Gasteiger partial charge in [-0.2, -0.15) is 0 Å². The molecule has 36 heavy (non-hydrogen) atoms. The summed E-state index contributed by atoms with van der Waals surface area (Å²) in [6, 6.07) is 11.0. The molecule has 0 radical (unpaired) electrons. The van der Waals surface area contributed by atoms with Gasteiger partial charge >= 0.3 is 0 Å². The fraction of sp³-hybridized carbons (Fsp3) is 0.258. The van der Waals surface area contributed by atoms with Gasteiger partial charge in [-0.3, -0.25) is 0 Å². The zero-order valence-corrected chi connectivity index (χ0v) is 22.5. The number of rotatable bonds is 12. The average Bonchev–Trinajstić information content (AvgIpc) is 3.50. The number of benzene rings is 1. The number of ether oxygens (including phenoxy) is 1. The highest BCUT2D eigenvalue weighted by Gasteiger charge is 2.14. The second-order valence-electron chi connectivity index (χ2n) is 8.42. The molecule has 0 amide bonds. The molecule has 0 aliphatic heterocycles. The third kappa shape index (κ3) is 7.80. The number of fused-ring (bicyclic) bond motifs is 1. The van der Waals surface area contributed by atoms with Gasteiger partial charge in [0, 0.05) is 41.4 Å². The van der Waals surface area contributed by atoms with Crippen molar-refractivity contribution < 1.29 is 9.84 Å². The van der Waals surface area contributed by atoms with E-state index in [-0.39, 0.29) is 0 Å². The number of nitrogens with zero attached hydrogens (tertiary/aromatic N) is 1. The fourth-order valence-corrected chi connectivity index (χ4v) is 4.82. The standard InChI is InChI=1S/C30H35NO2S.CH3N/c1-5-6-9-25(23(2)3)15-13-24-14-16-29-28(22-24)27(12-7-10-26-11-8-21-34-26)30(17-19-32)31(29)18-20-33-4;1-2/h5-9,11-12,14,16-17,19,21-22,32H,1,10,13,15,18,20H2,2-4H3;2H,1H2/b9-6-,12-7+,19-17-;. The number of allylic oxidation sites excluding steroid dienone is 6. The van der Waals surface area contributed by atoms with E-state index in [0.717, 1.165) is 48.8 Å². The Morgan fingerprint density at radius 3 is 2.64 bits per heavy atom. The largest absolute Gasteiger partial charge is 0.516 e. The number of nitrogens with one attached hydrogen (secondary N) is 1. The average molecular weight is 503 g/mol. The van der Waals surface area contributed by atoms with Gasteiger partial charge in [0.05, 0.1) is 18.6 Å². The van der Waals surface area contributed by atoms with Gasteiger partial charge < -0.3 is 19.8 Å². The zero-order chi connectivity index (χ0) is 26.3. The van der Waals surface area contributed by atoms with E-state index in [2.05, 4.69) is 85.7 Å². The molecule has 5 heteroatoms. The van der Waals surface area contributed by atoms with Crippen LogP contribution in [0.25, 0.3) is 23.1 Å². The number of aliphatic hydroxyl groups excluding tert-OH is 1. The number of hydrogen-bond donors (Lipinski definition) is 2. The maximum Gasteiger partial charge on any atom is 0.0812 e. The number of methoxy groups -OCH3 is 1. The van der Waals surface area contributed by atoms with Crippen molar-refractivity contribution in [3.8, 4) is 0 Å². The summed E-state index contributed by atoms with van der Waals surface area (Å²) in [6.07, 6.45) is 16.1. The number of aryl methyl sites for hydroxylation is 1. The monoisotopic (exact) mass is 502 g/mol. The summed E-state index contributed by atoms with van der Waals surface area (Å²) < 4.78 is 7.60. The van der Waals surface area contributed by atoms with Gasteiger partial charge in [0.1, 0.15) is 0 Å².